The largest absolute Gasteiger partial charge is 0.354 e. The Kier molecular flexibility index (Phi) is 5.79. The molecule has 1 aromatic carbocycles. The number of urea groups is 1. The Bertz CT molecular complexity index is 410. The molecule has 19 heavy (non-hydrogen) atoms. The lowest BCUT2D eigenvalue weighted by molar-refractivity contribution is -0.117. The van der Waals surface area contributed by atoms with Crippen molar-refractivity contribution in [2.45, 2.75) is 33.1 Å². The molecule has 0 saturated heterocycles. The zero-order valence-electron chi connectivity index (χ0n) is 12.1. The van der Waals surface area contributed by atoms with Gasteiger partial charge in [-0.2, -0.15) is 0 Å². The smallest absolute Gasteiger partial charge is 0.319 e. The van der Waals surface area contributed by atoms with Crippen molar-refractivity contribution in [3.8, 4) is 0 Å². The lowest BCUT2D eigenvalue weighted by Gasteiger charge is -2.22. The van der Waals surface area contributed by atoms with Gasteiger partial charge in [-0.1, -0.05) is 18.2 Å². The molecule has 2 N–H and O–H groups in total. The first kappa shape index (κ1) is 15.5. The highest BCUT2D eigenvalue weighted by Crippen LogP contribution is 2.19. The summed E-state index contributed by atoms with van der Waals surface area (Å²) in [5.41, 5.74) is 2.88. The Balaban J connectivity index is 2.65. The van der Waals surface area contributed by atoms with E-state index in [4.69, 9.17) is 9.47 Å². The number of aryl methyl sites for hydroxylation is 2. The van der Waals surface area contributed by atoms with Crippen molar-refractivity contribution in [2.24, 2.45) is 0 Å². The molecular weight excluding hydrogens is 244 g/mol. The van der Waals surface area contributed by atoms with Gasteiger partial charge >= 0.3 is 6.03 Å². The molecule has 0 bridgehead atoms. The third-order valence-corrected chi connectivity index (χ3v) is 2.95. The summed E-state index contributed by atoms with van der Waals surface area (Å²) in [6.45, 7) is 5.74. The Morgan fingerprint density at radius 1 is 1.16 bits per heavy atom. The average Bonchev–Trinajstić information content (AvgIpc) is 2.35. The number of para-hydroxylation sites is 1. The van der Waals surface area contributed by atoms with Crippen molar-refractivity contribution in [3.63, 3.8) is 0 Å². The minimum atomic E-state index is -0.469. The predicted molar refractivity (Wildman–Crippen MR) is 75.3 cm³/mol. The van der Waals surface area contributed by atoms with Gasteiger partial charge in [0.05, 0.1) is 6.04 Å². The summed E-state index contributed by atoms with van der Waals surface area (Å²) in [5, 5.41) is 5.64. The quantitative estimate of drug-likeness (QED) is 0.805. The molecule has 0 radical (unpaired) electrons. The number of hydrogen-bond donors (Lipinski definition) is 2. The molecule has 5 heteroatoms. The molecule has 1 rings (SSSR count). The SMILES string of the molecule is COC(OC)[C@@H](C)NC(=O)Nc1c(C)cccc1C. The van der Waals surface area contributed by atoms with Gasteiger partial charge < -0.3 is 20.1 Å². The van der Waals surface area contributed by atoms with E-state index in [0.717, 1.165) is 16.8 Å². The number of benzene rings is 1. The molecule has 1 atom stereocenters. The van der Waals surface area contributed by atoms with E-state index in [1.54, 1.807) is 0 Å². The first-order chi connectivity index (χ1) is 8.99. The Morgan fingerprint density at radius 3 is 2.16 bits per heavy atom. The van der Waals surface area contributed by atoms with Gasteiger partial charge in [0.15, 0.2) is 6.29 Å². The molecule has 0 unspecified atom stereocenters. The van der Waals surface area contributed by atoms with Crippen molar-refractivity contribution in [1.82, 2.24) is 5.32 Å². The molecule has 5 nitrogen and oxygen atoms in total. The van der Waals surface area contributed by atoms with Crippen molar-refractivity contribution in [2.75, 3.05) is 19.5 Å². The molecule has 1 aromatic rings. The molecule has 0 aliphatic rings. The molecule has 106 valence electrons. The number of amides is 2. The maximum Gasteiger partial charge on any atom is 0.319 e. The normalized spacial score (nSPS) is 12.3. The summed E-state index contributed by atoms with van der Waals surface area (Å²) in [6, 6.07) is 5.35. The van der Waals surface area contributed by atoms with Crippen LogP contribution in [0.5, 0.6) is 0 Å². The van der Waals surface area contributed by atoms with Crippen molar-refractivity contribution in [3.05, 3.63) is 29.3 Å². The van der Waals surface area contributed by atoms with Crippen molar-refractivity contribution < 1.29 is 14.3 Å². The number of hydrogen-bond acceptors (Lipinski definition) is 3. The van der Waals surface area contributed by atoms with E-state index >= 15 is 0 Å². The van der Waals surface area contributed by atoms with E-state index in [0.29, 0.717) is 0 Å². The third-order valence-electron chi connectivity index (χ3n) is 2.95. The second-order valence-corrected chi connectivity index (χ2v) is 4.49. The van der Waals surface area contributed by atoms with Crippen LogP contribution in [0.25, 0.3) is 0 Å². The minimum Gasteiger partial charge on any atom is -0.354 e. The van der Waals surface area contributed by atoms with Crippen molar-refractivity contribution >= 4 is 11.7 Å². The van der Waals surface area contributed by atoms with Gasteiger partial charge in [0.1, 0.15) is 0 Å². The first-order valence-electron chi connectivity index (χ1n) is 6.19. The van der Waals surface area contributed by atoms with E-state index in [-0.39, 0.29) is 12.1 Å². The van der Waals surface area contributed by atoms with E-state index in [9.17, 15) is 4.79 Å². The predicted octanol–water partition coefficient (Wildman–Crippen LogP) is 2.43. The highest BCUT2D eigenvalue weighted by atomic mass is 16.7. The Labute approximate surface area is 114 Å². The molecule has 2 amide bonds. The number of nitrogens with one attached hydrogen (secondary N) is 2. The Hall–Kier alpha value is -1.59. The minimum absolute atomic E-state index is 0.251. The summed E-state index contributed by atoms with van der Waals surface area (Å²) in [4.78, 5) is 11.9. The number of methoxy groups -OCH3 is 2. The molecule has 0 aliphatic heterocycles. The van der Waals surface area contributed by atoms with E-state index in [2.05, 4.69) is 10.6 Å². The van der Waals surface area contributed by atoms with E-state index < -0.39 is 6.29 Å². The fourth-order valence-electron chi connectivity index (χ4n) is 1.94. The lowest BCUT2D eigenvalue weighted by atomic mass is 10.1. The molecule has 0 heterocycles. The monoisotopic (exact) mass is 266 g/mol. The maximum absolute atomic E-state index is 11.9. The van der Waals surface area contributed by atoms with Crippen LogP contribution in [0.15, 0.2) is 18.2 Å². The summed E-state index contributed by atoms with van der Waals surface area (Å²) >= 11 is 0. The Morgan fingerprint density at radius 2 is 1.68 bits per heavy atom. The molecule has 0 spiro atoms. The second kappa shape index (κ2) is 7.11. The number of carbonyl (C=O) groups is 1. The van der Waals surface area contributed by atoms with Crippen LogP contribution in [-0.4, -0.2) is 32.6 Å². The fourth-order valence-corrected chi connectivity index (χ4v) is 1.94. The zero-order chi connectivity index (χ0) is 14.4. The first-order valence-corrected chi connectivity index (χ1v) is 6.19. The zero-order valence-corrected chi connectivity index (χ0v) is 12.1. The van der Waals surface area contributed by atoms with Gasteiger partial charge in [-0.3, -0.25) is 0 Å². The van der Waals surface area contributed by atoms with Gasteiger partial charge in [0.25, 0.3) is 0 Å². The third kappa shape index (κ3) is 4.22. The van der Waals surface area contributed by atoms with Crippen LogP contribution < -0.4 is 10.6 Å². The van der Waals surface area contributed by atoms with Gasteiger partial charge in [-0.15, -0.1) is 0 Å². The number of ether oxygens (including phenoxy) is 2. The van der Waals surface area contributed by atoms with Gasteiger partial charge in [-0.25, -0.2) is 4.79 Å². The summed E-state index contributed by atoms with van der Waals surface area (Å²) in [5.74, 6) is 0. The van der Waals surface area contributed by atoms with Crippen LogP contribution in [0.4, 0.5) is 10.5 Å². The highest BCUT2D eigenvalue weighted by molar-refractivity contribution is 5.91. The van der Waals surface area contributed by atoms with Gasteiger partial charge in [-0.05, 0) is 31.9 Å². The number of rotatable bonds is 5. The molecule has 0 saturated carbocycles. The van der Waals surface area contributed by atoms with Crippen molar-refractivity contribution in [1.29, 1.82) is 0 Å². The van der Waals surface area contributed by atoms with Crippen LogP contribution in [0.1, 0.15) is 18.1 Å². The van der Waals surface area contributed by atoms with Crippen LogP contribution in [-0.2, 0) is 9.47 Å². The van der Waals surface area contributed by atoms with Crippen LogP contribution in [0.3, 0.4) is 0 Å². The average molecular weight is 266 g/mol. The lowest BCUT2D eigenvalue weighted by Crippen LogP contribution is -2.44. The molecule has 0 aliphatic carbocycles. The fraction of sp³-hybridized carbons (Fsp3) is 0.500. The van der Waals surface area contributed by atoms with Crippen LogP contribution in [0, 0.1) is 13.8 Å². The molecule has 0 fully saturated rings. The molecule has 0 aromatic heterocycles. The van der Waals surface area contributed by atoms with E-state index in [1.165, 1.54) is 14.2 Å². The van der Waals surface area contributed by atoms with Crippen LogP contribution >= 0.6 is 0 Å². The topological polar surface area (TPSA) is 59.6 Å². The number of anilines is 1. The standard InChI is InChI=1S/C14H22N2O3/c1-9-7-6-8-10(2)12(9)16-14(17)15-11(3)13(18-4)19-5/h6-8,11,13H,1-5H3,(H2,15,16,17)/t11-/m1/s1. The van der Waals surface area contributed by atoms with E-state index in [1.807, 2.05) is 39.0 Å². The van der Waals surface area contributed by atoms with Gasteiger partial charge in [0.2, 0.25) is 0 Å². The van der Waals surface area contributed by atoms with Gasteiger partial charge in [0, 0.05) is 19.9 Å². The maximum atomic E-state index is 11.9. The molecular formula is C14H22N2O3. The second-order valence-electron chi connectivity index (χ2n) is 4.49. The highest BCUT2D eigenvalue weighted by Gasteiger charge is 2.18. The summed E-state index contributed by atoms with van der Waals surface area (Å²) < 4.78 is 10.2. The summed E-state index contributed by atoms with van der Waals surface area (Å²) in [7, 11) is 3.07. The number of carbonyl (C=O) groups excluding carboxylic acids is 1. The van der Waals surface area contributed by atoms with Crippen LogP contribution in [0.2, 0.25) is 0 Å². The summed E-state index contributed by atoms with van der Waals surface area (Å²) in [6.07, 6.45) is -0.469.